The quantitative estimate of drug-likeness (QED) is 0.371. The van der Waals surface area contributed by atoms with Crippen molar-refractivity contribution >= 4 is 11.9 Å². The van der Waals surface area contributed by atoms with Gasteiger partial charge >= 0.3 is 11.9 Å². The lowest BCUT2D eigenvalue weighted by Gasteiger charge is -2.28. The summed E-state index contributed by atoms with van der Waals surface area (Å²) in [6.07, 6.45) is 4.78. The molecule has 1 heterocycles. The Bertz CT molecular complexity index is 686. The summed E-state index contributed by atoms with van der Waals surface area (Å²) in [4.78, 5) is 24.4. The molecule has 3 N–H and O–H groups in total. The van der Waals surface area contributed by atoms with Crippen LogP contribution >= 0.6 is 0 Å². The molecule has 2 rings (SSSR count). The Balaban J connectivity index is 2.41. The van der Waals surface area contributed by atoms with Crippen LogP contribution in [0.3, 0.4) is 0 Å². The Morgan fingerprint density at radius 1 is 1.33 bits per heavy atom. The van der Waals surface area contributed by atoms with Gasteiger partial charge in [0.1, 0.15) is 12.2 Å². The Morgan fingerprint density at radius 2 is 2.04 bits per heavy atom. The molecule has 0 aromatic heterocycles. The zero-order valence-corrected chi connectivity index (χ0v) is 15.4. The van der Waals surface area contributed by atoms with E-state index in [-0.39, 0.29) is 37.4 Å². The smallest absolute Gasteiger partial charge is 0.334 e. The third kappa shape index (κ3) is 5.15. The van der Waals surface area contributed by atoms with Crippen LogP contribution in [-0.4, -0.2) is 59.3 Å². The van der Waals surface area contributed by atoms with Crippen molar-refractivity contribution in [1.82, 2.24) is 0 Å². The van der Waals surface area contributed by atoms with E-state index in [0.29, 0.717) is 24.0 Å². The molecule has 0 aromatic carbocycles. The average Bonchev–Trinajstić information content (AvgIpc) is 2.92. The maximum Gasteiger partial charge on any atom is 0.334 e. The normalized spacial score (nSPS) is 30.5. The summed E-state index contributed by atoms with van der Waals surface area (Å²) < 4.78 is 11.0. The number of fused-ring (bicyclic) bond motifs is 1. The van der Waals surface area contributed by atoms with Crippen molar-refractivity contribution in [3.8, 4) is 0 Å². The van der Waals surface area contributed by atoms with Gasteiger partial charge in [0.2, 0.25) is 0 Å². The number of allylic oxidation sites excluding steroid dienone is 1. The summed E-state index contributed by atoms with van der Waals surface area (Å²) in [6.45, 7) is 4.62. The number of carbonyl (C=O) groups excluding carboxylic acids is 2. The molecule has 7 nitrogen and oxygen atoms in total. The molecular formula is C20H26O7. The van der Waals surface area contributed by atoms with E-state index >= 15 is 0 Å². The molecule has 2 aliphatic rings. The van der Waals surface area contributed by atoms with E-state index in [1.807, 2.05) is 6.08 Å². The van der Waals surface area contributed by atoms with Crippen LogP contribution in [-0.2, 0) is 19.1 Å². The summed E-state index contributed by atoms with van der Waals surface area (Å²) in [5.74, 6) is -1.82. The fourth-order valence-electron chi connectivity index (χ4n) is 3.25. The van der Waals surface area contributed by atoms with Crippen LogP contribution in [0, 0.1) is 5.92 Å². The molecule has 1 aliphatic heterocycles. The topological polar surface area (TPSA) is 113 Å². The van der Waals surface area contributed by atoms with Gasteiger partial charge in [-0.2, -0.15) is 0 Å². The van der Waals surface area contributed by atoms with Crippen LogP contribution in [0.25, 0.3) is 0 Å². The lowest BCUT2D eigenvalue weighted by atomic mass is 9.85. The van der Waals surface area contributed by atoms with Crippen molar-refractivity contribution in [2.24, 2.45) is 5.92 Å². The largest absolute Gasteiger partial charge is 0.458 e. The monoisotopic (exact) mass is 378 g/mol. The van der Waals surface area contributed by atoms with Gasteiger partial charge in [0.25, 0.3) is 0 Å². The van der Waals surface area contributed by atoms with Crippen molar-refractivity contribution in [2.45, 2.75) is 38.4 Å². The van der Waals surface area contributed by atoms with Gasteiger partial charge in [-0.25, -0.2) is 9.59 Å². The Morgan fingerprint density at radius 3 is 2.67 bits per heavy atom. The second kappa shape index (κ2) is 9.64. The predicted octanol–water partition coefficient (Wildman–Crippen LogP) is 0.956. The molecular weight excluding hydrogens is 352 g/mol. The molecule has 1 fully saturated rings. The van der Waals surface area contributed by atoms with Gasteiger partial charge in [0.05, 0.1) is 25.7 Å². The van der Waals surface area contributed by atoms with E-state index in [2.05, 4.69) is 6.58 Å². The van der Waals surface area contributed by atoms with Crippen LogP contribution in [0.4, 0.5) is 0 Å². The minimum atomic E-state index is -0.781. The van der Waals surface area contributed by atoms with Crippen molar-refractivity contribution in [1.29, 1.82) is 0 Å². The van der Waals surface area contributed by atoms with Gasteiger partial charge in [-0.15, -0.1) is 0 Å². The highest BCUT2D eigenvalue weighted by molar-refractivity contribution is 5.92. The standard InChI is InChI=1S/C20H26O7/c1-12(6-7-21)19(24)26-16-8-14(10-22)4-3-5-15(11-23)9-17-18(16)13(2)20(25)27-17/h4,6,9,16-18,21-23H,2-3,5,7-8,10-11H2,1H3/b12-6+,14-4-,15-9-/t16-,17-,18-/m1/s1. The minimum Gasteiger partial charge on any atom is -0.458 e. The summed E-state index contributed by atoms with van der Waals surface area (Å²) in [5, 5.41) is 28.2. The molecule has 1 saturated heterocycles. The van der Waals surface area contributed by atoms with Gasteiger partial charge in [-0.1, -0.05) is 12.7 Å². The van der Waals surface area contributed by atoms with Crippen molar-refractivity contribution in [3.63, 3.8) is 0 Å². The van der Waals surface area contributed by atoms with Crippen LogP contribution in [0.1, 0.15) is 26.2 Å². The molecule has 0 amide bonds. The zero-order valence-electron chi connectivity index (χ0n) is 15.4. The van der Waals surface area contributed by atoms with Crippen molar-refractivity contribution < 1.29 is 34.4 Å². The summed E-state index contributed by atoms with van der Waals surface area (Å²) in [5.41, 5.74) is 1.79. The van der Waals surface area contributed by atoms with Crippen LogP contribution < -0.4 is 0 Å². The van der Waals surface area contributed by atoms with Gasteiger partial charge in [0.15, 0.2) is 0 Å². The van der Waals surface area contributed by atoms with Gasteiger partial charge in [-0.3, -0.25) is 0 Å². The molecule has 0 bridgehead atoms. The van der Waals surface area contributed by atoms with Gasteiger partial charge in [-0.05, 0) is 43.1 Å². The van der Waals surface area contributed by atoms with Crippen LogP contribution in [0.2, 0.25) is 0 Å². The molecule has 7 heteroatoms. The van der Waals surface area contributed by atoms with Gasteiger partial charge < -0.3 is 24.8 Å². The number of esters is 2. The van der Waals surface area contributed by atoms with E-state index in [4.69, 9.17) is 14.6 Å². The van der Waals surface area contributed by atoms with E-state index in [0.717, 1.165) is 0 Å². The number of aliphatic hydroxyl groups excluding tert-OH is 3. The Kier molecular flexibility index (Phi) is 7.53. The first kappa shape index (κ1) is 21.1. The highest BCUT2D eigenvalue weighted by atomic mass is 16.6. The molecule has 0 saturated carbocycles. The number of hydrogen-bond donors (Lipinski definition) is 3. The molecule has 0 radical (unpaired) electrons. The first-order valence-electron chi connectivity index (χ1n) is 8.88. The average molecular weight is 378 g/mol. The van der Waals surface area contributed by atoms with E-state index < -0.39 is 30.1 Å². The maximum atomic E-state index is 12.4. The third-order valence-corrected chi connectivity index (χ3v) is 4.81. The van der Waals surface area contributed by atoms with E-state index in [9.17, 15) is 19.8 Å². The minimum absolute atomic E-state index is 0.182. The lowest BCUT2D eigenvalue weighted by Crippen LogP contribution is -2.34. The van der Waals surface area contributed by atoms with Crippen LogP contribution in [0.5, 0.6) is 0 Å². The maximum absolute atomic E-state index is 12.4. The number of ether oxygens (including phenoxy) is 2. The molecule has 0 spiro atoms. The molecule has 0 aromatic rings. The summed E-state index contributed by atoms with van der Waals surface area (Å²) >= 11 is 0. The number of rotatable bonds is 5. The Hall–Kier alpha value is -2.22. The highest BCUT2D eigenvalue weighted by Crippen LogP contribution is 2.36. The number of hydrogen-bond acceptors (Lipinski definition) is 7. The van der Waals surface area contributed by atoms with Crippen LogP contribution in [0.15, 0.2) is 47.1 Å². The van der Waals surface area contributed by atoms with E-state index in [1.165, 1.54) is 13.0 Å². The third-order valence-electron chi connectivity index (χ3n) is 4.81. The van der Waals surface area contributed by atoms with Gasteiger partial charge in [0, 0.05) is 17.6 Å². The first-order chi connectivity index (χ1) is 12.9. The summed E-state index contributed by atoms with van der Waals surface area (Å²) in [6, 6.07) is 0. The molecule has 148 valence electrons. The predicted molar refractivity (Wildman–Crippen MR) is 97.4 cm³/mol. The fraction of sp³-hybridized carbons (Fsp3) is 0.500. The second-order valence-corrected chi connectivity index (χ2v) is 6.68. The fourth-order valence-corrected chi connectivity index (χ4v) is 3.25. The Labute approximate surface area is 158 Å². The van der Waals surface area contributed by atoms with E-state index in [1.54, 1.807) is 6.08 Å². The van der Waals surface area contributed by atoms with Crippen molar-refractivity contribution in [3.05, 3.63) is 47.1 Å². The highest BCUT2D eigenvalue weighted by Gasteiger charge is 2.44. The number of carbonyl (C=O) groups is 2. The molecule has 27 heavy (non-hydrogen) atoms. The zero-order chi connectivity index (χ0) is 20.0. The molecule has 0 unspecified atom stereocenters. The summed E-state index contributed by atoms with van der Waals surface area (Å²) in [7, 11) is 0. The number of aliphatic hydroxyl groups is 3. The van der Waals surface area contributed by atoms with Crippen molar-refractivity contribution in [2.75, 3.05) is 19.8 Å². The lowest BCUT2D eigenvalue weighted by molar-refractivity contribution is -0.147. The first-order valence-corrected chi connectivity index (χ1v) is 8.88. The molecule has 1 aliphatic carbocycles. The SMILES string of the molecule is C=C1C(=O)O[C@@H]2/C=C(\CO)CC/C=C(\CO)C[C@@H](OC(=O)/C(C)=C/CO)[C@@H]12. The molecule has 3 atom stereocenters. The second-order valence-electron chi connectivity index (χ2n) is 6.68.